The third kappa shape index (κ3) is 4.57. The van der Waals surface area contributed by atoms with Crippen LogP contribution >= 0.6 is 11.6 Å². The van der Waals surface area contributed by atoms with Gasteiger partial charge in [0.05, 0.1) is 5.02 Å². The number of hydrogen-bond acceptors (Lipinski definition) is 3. The summed E-state index contributed by atoms with van der Waals surface area (Å²) in [5.74, 6) is 0.184. The second kappa shape index (κ2) is 6.85. The molecule has 4 N–H and O–H groups in total. The molecule has 5 nitrogen and oxygen atoms in total. The van der Waals surface area contributed by atoms with Crippen molar-refractivity contribution in [2.24, 2.45) is 0 Å². The lowest BCUT2D eigenvalue weighted by Crippen LogP contribution is -2.30. The minimum atomic E-state index is -0.351. The number of halogens is 1. The van der Waals surface area contributed by atoms with Crippen LogP contribution in [0.3, 0.4) is 0 Å². The molecule has 0 saturated carbocycles. The smallest absolute Gasteiger partial charge is 0.319 e. The monoisotopic (exact) mass is 306 g/mol. The van der Waals surface area contributed by atoms with Crippen LogP contribution in [0.25, 0.3) is 0 Å². The fourth-order valence-electron chi connectivity index (χ4n) is 1.74. The number of phenols is 2. The number of nitrogens with one attached hydrogen (secondary N) is 2. The average Bonchev–Trinajstić information content (AvgIpc) is 2.45. The van der Waals surface area contributed by atoms with E-state index < -0.39 is 0 Å². The average molecular weight is 307 g/mol. The molecule has 2 aromatic carbocycles. The van der Waals surface area contributed by atoms with E-state index in [1.165, 1.54) is 12.1 Å². The molecule has 0 fully saturated rings. The zero-order valence-corrected chi connectivity index (χ0v) is 11.9. The first kappa shape index (κ1) is 15.0. The maximum absolute atomic E-state index is 11.7. The topological polar surface area (TPSA) is 81.6 Å². The van der Waals surface area contributed by atoms with Crippen molar-refractivity contribution in [1.82, 2.24) is 5.32 Å². The summed E-state index contributed by atoms with van der Waals surface area (Å²) in [5.41, 5.74) is 1.51. The predicted octanol–water partition coefficient (Wildman–Crippen LogP) is 3.12. The molecule has 0 radical (unpaired) electrons. The summed E-state index contributed by atoms with van der Waals surface area (Å²) < 4.78 is 0. The van der Waals surface area contributed by atoms with Crippen molar-refractivity contribution in [3.8, 4) is 11.5 Å². The third-order valence-corrected chi connectivity index (χ3v) is 3.14. The van der Waals surface area contributed by atoms with Crippen LogP contribution in [0.5, 0.6) is 11.5 Å². The summed E-state index contributed by atoms with van der Waals surface area (Å²) in [6.45, 7) is 0.461. The van der Waals surface area contributed by atoms with Gasteiger partial charge in [-0.05, 0) is 42.3 Å². The van der Waals surface area contributed by atoms with Crippen LogP contribution in [0, 0.1) is 0 Å². The van der Waals surface area contributed by atoms with Crippen LogP contribution in [0.15, 0.2) is 42.5 Å². The van der Waals surface area contributed by atoms with E-state index in [1.54, 1.807) is 30.3 Å². The van der Waals surface area contributed by atoms with Gasteiger partial charge < -0.3 is 20.8 Å². The first-order valence-electron chi connectivity index (χ1n) is 6.36. The molecule has 0 aromatic heterocycles. The largest absolute Gasteiger partial charge is 0.508 e. The van der Waals surface area contributed by atoms with E-state index in [4.69, 9.17) is 16.7 Å². The number of benzene rings is 2. The second-order valence-corrected chi connectivity index (χ2v) is 4.87. The van der Waals surface area contributed by atoms with Gasteiger partial charge in [0.2, 0.25) is 0 Å². The molecule has 0 spiro atoms. The molecule has 0 aliphatic carbocycles. The SMILES string of the molecule is O=C(NCCc1ccc(O)cc1)Nc1ccc(O)c(Cl)c1. The van der Waals surface area contributed by atoms with Crippen molar-refractivity contribution >= 4 is 23.3 Å². The zero-order valence-electron chi connectivity index (χ0n) is 11.1. The molecule has 0 unspecified atom stereocenters. The van der Waals surface area contributed by atoms with Gasteiger partial charge in [-0.15, -0.1) is 0 Å². The highest BCUT2D eigenvalue weighted by Gasteiger charge is 2.04. The van der Waals surface area contributed by atoms with Gasteiger partial charge in [0, 0.05) is 12.2 Å². The summed E-state index contributed by atoms with van der Waals surface area (Å²) in [6, 6.07) is 10.9. The first-order valence-corrected chi connectivity index (χ1v) is 6.73. The Bertz CT molecular complexity index is 629. The summed E-state index contributed by atoms with van der Waals surface area (Å²) in [4.78, 5) is 11.7. The van der Waals surface area contributed by atoms with Crippen molar-refractivity contribution in [2.75, 3.05) is 11.9 Å². The van der Waals surface area contributed by atoms with Crippen LogP contribution < -0.4 is 10.6 Å². The molecule has 0 aliphatic rings. The molecular formula is C15H15ClN2O3. The number of aromatic hydroxyl groups is 2. The molecule has 2 rings (SSSR count). The van der Waals surface area contributed by atoms with Gasteiger partial charge in [-0.1, -0.05) is 23.7 Å². The van der Waals surface area contributed by atoms with E-state index in [9.17, 15) is 9.90 Å². The summed E-state index contributed by atoms with van der Waals surface area (Å²) in [7, 11) is 0. The number of anilines is 1. The Morgan fingerprint density at radius 1 is 1.10 bits per heavy atom. The van der Waals surface area contributed by atoms with Gasteiger partial charge in [-0.25, -0.2) is 4.79 Å². The highest BCUT2D eigenvalue weighted by atomic mass is 35.5. The molecule has 0 aliphatic heterocycles. The Labute approximate surface area is 127 Å². The standard InChI is InChI=1S/C15H15ClN2O3/c16-13-9-11(3-6-14(13)20)18-15(21)17-8-7-10-1-4-12(19)5-2-10/h1-6,9,19-20H,7-8H2,(H2,17,18,21). The quantitative estimate of drug-likeness (QED) is 0.655. The van der Waals surface area contributed by atoms with Gasteiger partial charge in [0.25, 0.3) is 0 Å². The van der Waals surface area contributed by atoms with E-state index >= 15 is 0 Å². The Morgan fingerprint density at radius 2 is 1.81 bits per heavy atom. The van der Waals surface area contributed by atoms with Crippen LogP contribution in [-0.4, -0.2) is 22.8 Å². The van der Waals surface area contributed by atoms with Crippen LogP contribution in [-0.2, 0) is 6.42 Å². The van der Waals surface area contributed by atoms with Gasteiger partial charge in [-0.2, -0.15) is 0 Å². The third-order valence-electron chi connectivity index (χ3n) is 2.84. The number of phenolic OH excluding ortho intramolecular Hbond substituents is 2. The molecular weight excluding hydrogens is 292 g/mol. The summed E-state index contributed by atoms with van der Waals surface area (Å²) in [5, 5.41) is 24.0. The fourth-order valence-corrected chi connectivity index (χ4v) is 1.92. The van der Waals surface area contributed by atoms with Gasteiger partial charge >= 0.3 is 6.03 Å². The molecule has 21 heavy (non-hydrogen) atoms. The first-order chi connectivity index (χ1) is 10.0. The Balaban J connectivity index is 1.79. The fraction of sp³-hybridized carbons (Fsp3) is 0.133. The highest BCUT2D eigenvalue weighted by Crippen LogP contribution is 2.25. The van der Waals surface area contributed by atoms with Gasteiger partial charge in [0.1, 0.15) is 11.5 Å². The van der Waals surface area contributed by atoms with Crippen molar-refractivity contribution in [2.45, 2.75) is 6.42 Å². The Hall–Kier alpha value is -2.40. The van der Waals surface area contributed by atoms with Crippen molar-refractivity contribution < 1.29 is 15.0 Å². The van der Waals surface area contributed by atoms with E-state index in [0.29, 0.717) is 18.7 Å². The number of carbonyl (C=O) groups excluding carboxylic acids is 1. The Kier molecular flexibility index (Phi) is 4.90. The molecule has 2 amide bonds. The summed E-state index contributed by atoms with van der Waals surface area (Å²) in [6.07, 6.45) is 0.657. The van der Waals surface area contributed by atoms with Crippen LogP contribution in [0.2, 0.25) is 5.02 Å². The maximum Gasteiger partial charge on any atom is 0.319 e. The molecule has 110 valence electrons. The predicted molar refractivity (Wildman–Crippen MR) is 81.9 cm³/mol. The number of rotatable bonds is 4. The van der Waals surface area contributed by atoms with E-state index in [0.717, 1.165) is 5.56 Å². The van der Waals surface area contributed by atoms with Gasteiger partial charge in [-0.3, -0.25) is 0 Å². The lowest BCUT2D eigenvalue weighted by Gasteiger charge is -2.08. The summed E-state index contributed by atoms with van der Waals surface area (Å²) >= 11 is 5.75. The second-order valence-electron chi connectivity index (χ2n) is 4.46. The van der Waals surface area contributed by atoms with E-state index in [-0.39, 0.29) is 22.6 Å². The van der Waals surface area contributed by atoms with E-state index in [1.807, 2.05) is 0 Å². The molecule has 6 heteroatoms. The lowest BCUT2D eigenvalue weighted by atomic mass is 10.1. The number of amides is 2. The minimum absolute atomic E-state index is 0.0324. The number of hydrogen-bond donors (Lipinski definition) is 4. The van der Waals surface area contributed by atoms with Crippen molar-refractivity contribution in [3.05, 3.63) is 53.1 Å². The number of carbonyl (C=O) groups is 1. The molecule has 2 aromatic rings. The van der Waals surface area contributed by atoms with Crippen molar-refractivity contribution in [1.29, 1.82) is 0 Å². The lowest BCUT2D eigenvalue weighted by molar-refractivity contribution is 0.252. The van der Waals surface area contributed by atoms with E-state index in [2.05, 4.69) is 10.6 Å². The highest BCUT2D eigenvalue weighted by molar-refractivity contribution is 6.32. The van der Waals surface area contributed by atoms with Crippen LogP contribution in [0.1, 0.15) is 5.56 Å². The van der Waals surface area contributed by atoms with Crippen LogP contribution in [0.4, 0.5) is 10.5 Å². The Morgan fingerprint density at radius 3 is 2.48 bits per heavy atom. The zero-order chi connectivity index (χ0) is 15.2. The number of urea groups is 1. The minimum Gasteiger partial charge on any atom is -0.508 e. The van der Waals surface area contributed by atoms with Crippen molar-refractivity contribution in [3.63, 3.8) is 0 Å². The molecule has 0 heterocycles. The molecule has 0 atom stereocenters. The molecule has 0 saturated heterocycles. The van der Waals surface area contributed by atoms with Gasteiger partial charge in [0.15, 0.2) is 0 Å². The normalized spacial score (nSPS) is 10.1. The maximum atomic E-state index is 11.7. The molecule has 0 bridgehead atoms.